The second-order valence-corrected chi connectivity index (χ2v) is 6.90. The van der Waals surface area contributed by atoms with E-state index in [0.717, 1.165) is 6.07 Å². The number of halogens is 4. The minimum Gasteiger partial charge on any atom is -0.312 e. The highest BCUT2D eigenvalue weighted by Crippen LogP contribution is 2.35. The van der Waals surface area contributed by atoms with Gasteiger partial charge in [0.1, 0.15) is 0 Å². The topological polar surface area (TPSA) is 66.5 Å². The Labute approximate surface area is 130 Å². The number of nitrogens with zero attached hydrogens (tertiary/aromatic N) is 1. The summed E-state index contributed by atoms with van der Waals surface area (Å²) in [4.78, 5) is 13.1. The van der Waals surface area contributed by atoms with Crippen LogP contribution in [0.1, 0.15) is 18.4 Å². The third kappa shape index (κ3) is 3.14. The minimum atomic E-state index is -5.58. The van der Waals surface area contributed by atoms with Gasteiger partial charge in [-0.1, -0.05) is 11.6 Å². The van der Waals surface area contributed by atoms with Gasteiger partial charge in [-0.25, -0.2) is 0 Å². The van der Waals surface area contributed by atoms with Crippen LogP contribution >= 0.6 is 11.6 Å². The Morgan fingerprint density at radius 1 is 1.32 bits per heavy atom. The van der Waals surface area contributed by atoms with Crippen molar-refractivity contribution in [1.82, 2.24) is 0 Å². The van der Waals surface area contributed by atoms with Crippen LogP contribution in [-0.4, -0.2) is 26.4 Å². The fourth-order valence-corrected chi connectivity index (χ4v) is 3.03. The van der Waals surface area contributed by atoms with Gasteiger partial charge in [0.05, 0.1) is 10.7 Å². The fourth-order valence-electron chi connectivity index (χ4n) is 2.14. The van der Waals surface area contributed by atoms with E-state index in [4.69, 9.17) is 11.6 Å². The zero-order valence-electron chi connectivity index (χ0n) is 11.4. The number of carbonyl (C=O) groups is 1. The van der Waals surface area contributed by atoms with E-state index >= 15 is 0 Å². The van der Waals surface area contributed by atoms with Gasteiger partial charge in [0.2, 0.25) is 5.91 Å². The molecule has 1 aromatic rings. The first kappa shape index (κ1) is 16.9. The molecule has 1 saturated heterocycles. The summed E-state index contributed by atoms with van der Waals surface area (Å²) in [5, 5.41) is -0.180. The van der Waals surface area contributed by atoms with Gasteiger partial charge < -0.3 is 4.90 Å². The second kappa shape index (κ2) is 5.62. The van der Waals surface area contributed by atoms with Gasteiger partial charge in [0.15, 0.2) is 0 Å². The molecule has 1 heterocycles. The number of nitrogens with one attached hydrogen (secondary N) is 1. The summed E-state index contributed by atoms with van der Waals surface area (Å²) in [6.45, 7) is 2.06. The summed E-state index contributed by atoms with van der Waals surface area (Å²) in [7, 11) is -5.58. The predicted molar refractivity (Wildman–Crippen MR) is 76.4 cm³/mol. The average Bonchev–Trinajstić information content (AvgIpc) is 2.77. The van der Waals surface area contributed by atoms with E-state index in [1.165, 1.54) is 15.7 Å². The Morgan fingerprint density at radius 3 is 2.45 bits per heavy atom. The second-order valence-electron chi connectivity index (χ2n) is 4.82. The van der Waals surface area contributed by atoms with E-state index < -0.39 is 21.2 Å². The van der Waals surface area contributed by atoms with Crippen molar-refractivity contribution < 1.29 is 26.4 Å². The molecular formula is C12H12ClF3N2O3S. The first-order valence-electron chi connectivity index (χ1n) is 6.22. The smallest absolute Gasteiger partial charge is 0.312 e. The number of amides is 1. The number of rotatable bonds is 3. The zero-order valence-corrected chi connectivity index (χ0v) is 12.9. The van der Waals surface area contributed by atoms with Gasteiger partial charge in [0.25, 0.3) is 0 Å². The van der Waals surface area contributed by atoms with Gasteiger partial charge >= 0.3 is 15.5 Å². The van der Waals surface area contributed by atoms with Crippen LogP contribution in [0, 0.1) is 6.92 Å². The van der Waals surface area contributed by atoms with Crippen LogP contribution < -0.4 is 9.62 Å². The maximum atomic E-state index is 12.4. The quantitative estimate of drug-likeness (QED) is 0.905. The number of carbonyl (C=O) groups excluding carboxylic acids is 1. The molecule has 122 valence electrons. The first-order chi connectivity index (χ1) is 10.0. The lowest BCUT2D eigenvalue weighted by Gasteiger charge is -2.21. The number of hydrogen-bond acceptors (Lipinski definition) is 3. The van der Waals surface area contributed by atoms with Crippen LogP contribution in [-0.2, 0) is 14.8 Å². The van der Waals surface area contributed by atoms with Crippen molar-refractivity contribution >= 4 is 38.9 Å². The molecule has 1 aromatic carbocycles. The predicted octanol–water partition coefficient (Wildman–Crippen LogP) is 3.04. The van der Waals surface area contributed by atoms with Gasteiger partial charge in [-0.05, 0) is 31.0 Å². The molecule has 0 aliphatic carbocycles. The van der Waals surface area contributed by atoms with Crippen molar-refractivity contribution in [1.29, 1.82) is 0 Å². The lowest BCUT2D eigenvalue weighted by atomic mass is 10.1. The highest BCUT2D eigenvalue weighted by atomic mass is 35.5. The van der Waals surface area contributed by atoms with Gasteiger partial charge in [-0.2, -0.15) is 21.6 Å². The van der Waals surface area contributed by atoms with Crippen molar-refractivity contribution in [3.05, 3.63) is 22.7 Å². The number of alkyl halides is 3. The molecular weight excluding hydrogens is 345 g/mol. The van der Waals surface area contributed by atoms with E-state index in [2.05, 4.69) is 0 Å². The highest BCUT2D eigenvalue weighted by Gasteiger charge is 2.46. The van der Waals surface area contributed by atoms with Crippen LogP contribution in [0.3, 0.4) is 0 Å². The van der Waals surface area contributed by atoms with Crippen LogP contribution in [0.25, 0.3) is 0 Å². The van der Waals surface area contributed by atoms with Crippen LogP contribution in [0.5, 0.6) is 0 Å². The highest BCUT2D eigenvalue weighted by molar-refractivity contribution is 7.93. The van der Waals surface area contributed by atoms with E-state index in [1.807, 2.05) is 0 Å². The molecule has 0 spiro atoms. The molecule has 0 unspecified atom stereocenters. The van der Waals surface area contributed by atoms with Crippen molar-refractivity contribution in [2.75, 3.05) is 16.2 Å². The Bertz CT molecular complexity index is 719. The maximum absolute atomic E-state index is 12.4. The summed E-state index contributed by atoms with van der Waals surface area (Å²) >= 11 is 5.80. The Balaban J connectivity index is 2.43. The molecule has 1 fully saturated rings. The minimum absolute atomic E-state index is 0.171. The molecule has 0 aromatic heterocycles. The van der Waals surface area contributed by atoms with Crippen molar-refractivity contribution in [3.8, 4) is 0 Å². The molecule has 1 amide bonds. The number of sulfonamides is 1. The Kier molecular flexibility index (Phi) is 4.31. The van der Waals surface area contributed by atoms with Crippen molar-refractivity contribution in [2.24, 2.45) is 0 Å². The lowest BCUT2D eigenvalue weighted by Crippen LogP contribution is -2.30. The maximum Gasteiger partial charge on any atom is 0.516 e. The molecule has 0 bridgehead atoms. The summed E-state index contributed by atoms with van der Waals surface area (Å²) in [6.07, 6.45) is 0.968. The normalized spacial score (nSPS) is 16.2. The summed E-state index contributed by atoms with van der Waals surface area (Å²) in [5.41, 5.74) is -4.97. The number of benzene rings is 1. The van der Waals surface area contributed by atoms with Gasteiger partial charge in [0, 0.05) is 18.7 Å². The van der Waals surface area contributed by atoms with Crippen LogP contribution in [0.4, 0.5) is 24.5 Å². The standard InChI is InChI=1S/C12H12ClF3N2O3S/c1-7-5-8(13)9(17-22(20,21)12(14,15)16)6-10(7)18-4-2-3-11(18)19/h5-6,17H,2-4H2,1H3. The molecule has 0 saturated carbocycles. The van der Waals surface area contributed by atoms with E-state index in [9.17, 15) is 26.4 Å². The molecule has 5 nitrogen and oxygen atoms in total. The number of hydrogen-bond donors (Lipinski definition) is 1. The van der Waals surface area contributed by atoms with Crippen molar-refractivity contribution in [2.45, 2.75) is 25.3 Å². The molecule has 0 radical (unpaired) electrons. The van der Waals surface area contributed by atoms with E-state index in [0.29, 0.717) is 30.6 Å². The van der Waals surface area contributed by atoms with Crippen LogP contribution in [0.15, 0.2) is 12.1 Å². The summed E-state index contributed by atoms with van der Waals surface area (Å²) in [6, 6.07) is 2.46. The first-order valence-corrected chi connectivity index (χ1v) is 8.08. The third-order valence-electron chi connectivity index (χ3n) is 3.20. The molecule has 1 N–H and O–H groups in total. The zero-order chi connectivity index (χ0) is 16.7. The van der Waals surface area contributed by atoms with Crippen LogP contribution in [0.2, 0.25) is 5.02 Å². The summed E-state index contributed by atoms with van der Waals surface area (Å²) < 4.78 is 61.1. The number of anilines is 2. The molecule has 0 atom stereocenters. The molecule has 10 heteroatoms. The van der Waals surface area contributed by atoms with Gasteiger partial charge in [-0.15, -0.1) is 0 Å². The van der Waals surface area contributed by atoms with E-state index in [-0.39, 0.29) is 10.9 Å². The third-order valence-corrected chi connectivity index (χ3v) is 4.61. The SMILES string of the molecule is Cc1cc(Cl)c(NS(=O)(=O)C(F)(F)F)cc1N1CCCC1=O. The monoisotopic (exact) mass is 356 g/mol. The Hall–Kier alpha value is -1.48. The molecule has 1 aliphatic heterocycles. The lowest BCUT2D eigenvalue weighted by molar-refractivity contribution is -0.117. The average molecular weight is 357 g/mol. The van der Waals surface area contributed by atoms with Crippen molar-refractivity contribution in [3.63, 3.8) is 0 Å². The Morgan fingerprint density at radius 2 is 1.95 bits per heavy atom. The van der Waals surface area contributed by atoms with Gasteiger partial charge in [-0.3, -0.25) is 9.52 Å². The largest absolute Gasteiger partial charge is 0.516 e. The molecule has 2 rings (SSSR count). The van der Waals surface area contributed by atoms with E-state index in [1.54, 1.807) is 6.92 Å². The fraction of sp³-hybridized carbons (Fsp3) is 0.417. The summed E-state index contributed by atoms with van der Waals surface area (Å²) in [5.74, 6) is -0.171. The molecule has 22 heavy (non-hydrogen) atoms. The molecule has 1 aliphatic rings. The number of aryl methyl sites for hydroxylation is 1.